The Morgan fingerprint density at radius 3 is 2.72 bits per heavy atom. The molecule has 1 aliphatic heterocycles. The molecule has 0 saturated heterocycles. The standard InChI is InChI=1S/C20H19F2N3O3S/c1-24(2)7-8-25(20-23-18-13(22)9-12(21)10-17(18)29-20)19(26)16-11-27-14-5-3-4-6-15(14)28-16/h3-6,9-10,16H,7-8,11H2,1-2H3. The second-order valence-corrected chi connectivity index (χ2v) is 7.90. The van der Waals surface area contributed by atoms with Crippen LogP contribution in [0.15, 0.2) is 36.4 Å². The van der Waals surface area contributed by atoms with E-state index in [9.17, 15) is 13.6 Å². The van der Waals surface area contributed by atoms with Gasteiger partial charge in [-0.05, 0) is 32.3 Å². The third kappa shape index (κ3) is 4.01. The molecular weight excluding hydrogens is 400 g/mol. The predicted molar refractivity (Wildman–Crippen MR) is 107 cm³/mol. The summed E-state index contributed by atoms with van der Waals surface area (Å²) in [5.41, 5.74) is 0.0419. The Balaban J connectivity index is 1.65. The Morgan fingerprint density at radius 1 is 1.21 bits per heavy atom. The maximum absolute atomic E-state index is 14.1. The van der Waals surface area contributed by atoms with Crippen molar-refractivity contribution in [2.75, 3.05) is 38.7 Å². The first kappa shape index (κ1) is 19.5. The van der Waals surface area contributed by atoms with E-state index in [1.165, 1.54) is 11.0 Å². The molecule has 0 bridgehead atoms. The fourth-order valence-corrected chi connectivity index (χ4v) is 4.01. The molecule has 0 aliphatic carbocycles. The third-order valence-electron chi connectivity index (χ3n) is 4.45. The summed E-state index contributed by atoms with van der Waals surface area (Å²) in [6, 6.07) is 9.11. The molecule has 0 N–H and O–H groups in total. The number of anilines is 1. The first-order valence-electron chi connectivity index (χ1n) is 9.02. The second-order valence-electron chi connectivity index (χ2n) is 6.89. The van der Waals surface area contributed by atoms with E-state index in [0.29, 0.717) is 34.4 Å². The molecule has 0 fully saturated rings. The van der Waals surface area contributed by atoms with Gasteiger partial charge < -0.3 is 14.4 Å². The lowest BCUT2D eigenvalue weighted by Crippen LogP contribution is -2.48. The van der Waals surface area contributed by atoms with Gasteiger partial charge in [0.15, 0.2) is 22.4 Å². The average molecular weight is 419 g/mol. The Kier molecular flexibility index (Phi) is 5.33. The molecule has 2 heterocycles. The van der Waals surface area contributed by atoms with E-state index in [0.717, 1.165) is 17.4 Å². The van der Waals surface area contributed by atoms with Crippen LogP contribution in [-0.4, -0.2) is 55.7 Å². The van der Waals surface area contributed by atoms with Crippen LogP contribution in [0.1, 0.15) is 0 Å². The number of nitrogens with zero attached hydrogens (tertiary/aromatic N) is 3. The summed E-state index contributed by atoms with van der Waals surface area (Å²) >= 11 is 1.06. The van der Waals surface area contributed by atoms with Crippen molar-refractivity contribution in [1.82, 2.24) is 9.88 Å². The van der Waals surface area contributed by atoms with Gasteiger partial charge in [-0.2, -0.15) is 0 Å². The largest absolute Gasteiger partial charge is 0.485 e. The van der Waals surface area contributed by atoms with Gasteiger partial charge in [-0.3, -0.25) is 9.69 Å². The second kappa shape index (κ2) is 7.92. The molecule has 3 aromatic rings. The molecule has 0 spiro atoms. The number of fused-ring (bicyclic) bond motifs is 2. The highest BCUT2D eigenvalue weighted by Gasteiger charge is 2.33. The summed E-state index contributed by atoms with van der Waals surface area (Å²) in [4.78, 5) is 20.9. The number of amides is 1. The zero-order chi connectivity index (χ0) is 20.5. The van der Waals surface area contributed by atoms with Gasteiger partial charge in [-0.15, -0.1) is 0 Å². The van der Waals surface area contributed by atoms with Crippen LogP contribution < -0.4 is 14.4 Å². The van der Waals surface area contributed by atoms with Crippen molar-refractivity contribution in [3.8, 4) is 11.5 Å². The van der Waals surface area contributed by atoms with Crippen molar-refractivity contribution in [3.63, 3.8) is 0 Å². The number of thiazole rings is 1. The Bertz CT molecular complexity index is 1060. The number of halogens is 2. The molecule has 1 aromatic heterocycles. The van der Waals surface area contributed by atoms with Crippen LogP contribution in [0.4, 0.5) is 13.9 Å². The van der Waals surface area contributed by atoms with Crippen LogP contribution >= 0.6 is 11.3 Å². The topological polar surface area (TPSA) is 54.9 Å². The normalized spacial score (nSPS) is 15.7. The minimum atomic E-state index is -0.861. The number of hydrogen-bond donors (Lipinski definition) is 0. The van der Waals surface area contributed by atoms with Crippen LogP contribution in [0.2, 0.25) is 0 Å². The van der Waals surface area contributed by atoms with Crippen LogP contribution in [-0.2, 0) is 4.79 Å². The van der Waals surface area contributed by atoms with Crippen LogP contribution in [0.5, 0.6) is 11.5 Å². The van der Waals surface area contributed by atoms with Crippen molar-refractivity contribution in [2.24, 2.45) is 0 Å². The lowest BCUT2D eigenvalue weighted by atomic mass is 10.2. The van der Waals surface area contributed by atoms with Crippen molar-refractivity contribution in [1.29, 1.82) is 0 Å². The van der Waals surface area contributed by atoms with E-state index < -0.39 is 17.7 Å². The fraction of sp³-hybridized carbons (Fsp3) is 0.300. The van der Waals surface area contributed by atoms with Gasteiger partial charge in [0.1, 0.15) is 17.9 Å². The van der Waals surface area contributed by atoms with Gasteiger partial charge >= 0.3 is 0 Å². The number of rotatable bonds is 5. The molecule has 1 amide bonds. The van der Waals surface area contributed by atoms with Gasteiger partial charge in [-0.1, -0.05) is 23.5 Å². The van der Waals surface area contributed by atoms with E-state index >= 15 is 0 Å². The van der Waals surface area contributed by atoms with Gasteiger partial charge in [0, 0.05) is 19.2 Å². The molecule has 152 valence electrons. The van der Waals surface area contributed by atoms with Gasteiger partial charge in [0.2, 0.25) is 6.10 Å². The van der Waals surface area contributed by atoms with Gasteiger partial charge in [0.05, 0.1) is 4.70 Å². The van der Waals surface area contributed by atoms with E-state index in [1.807, 2.05) is 25.1 Å². The summed E-state index contributed by atoms with van der Waals surface area (Å²) in [5.74, 6) is -0.719. The van der Waals surface area contributed by atoms with Crippen molar-refractivity contribution < 1.29 is 23.0 Å². The number of hydrogen-bond acceptors (Lipinski definition) is 6. The number of aromatic nitrogens is 1. The van der Waals surface area contributed by atoms with E-state index in [2.05, 4.69) is 4.98 Å². The Morgan fingerprint density at radius 2 is 1.97 bits per heavy atom. The summed E-state index contributed by atoms with van der Waals surface area (Å²) < 4.78 is 39.5. The molecule has 2 aromatic carbocycles. The molecular formula is C20H19F2N3O3S. The third-order valence-corrected chi connectivity index (χ3v) is 5.48. The summed E-state index contributed by atoms with van der Waals surface area (Å²) in [6.07, 6.45) is -0.861. The number of benzene rings is 2. The molecule has 1 unspecified atom stereocenters. The van der Waals surface area contributed by atoms with E-state index in [-0.39, 0.29) is 18.0 Å². The maximum Gasteiger partial charge on any atom is 0.273 e. The molecule has 29 heavy (non-hydrogen) atoms. The van der Waals surface area contributed by atoms with Gasteiger partial charge in [-0.25, -0.2) is 13.8 Å². The number of para-hydroxylation sites is 2. The zero-order valence-electron chi connectivity index (χ0n) is 15.9. The number of carbonyl (C=O) groups is 1. The summed E-state index contributed by atoms with van der Waals surface area (Å²) in [7, 11) is 3.76. The smallest absolute Gasteiger partial charge is 0.273 e. The lowest BCUT2D eigenvalue weighted by molar-refractivity contribution is -0.127. The van der Waals surface area contributed by atoms with E-state index in [4.69, 9.17) is 9.47 Å². The first-order valence-corrected chi connectivity index (χ1v) is 9.84. The fourth-order valence-electron chi connectivity index (χ4n) is 2.98. The minimum Gasteiger partial charge on any atom is -0.485 e. The Hall–Kier alpha value is -2.78. The highest BCUT2D eigenvalue weighted by Crippen LogP contribution is 2.34. The van der Waals surface area contributed by atoms with Gasteiger partial charge in [0.25, 0.3) is 5.91 Å². The summed E-state index contributed by atoms with van der Waals surface area (Å²) in [5, 5.41) is 0.291. The highest BCUT2D eigenvalue weighted by molar-refractivity contribution is 7.22. The molecule has 4 rings (SSSR count). The molecule has 9 heteroatoms. The monoisotopic (exact) mass is 419 g/mol. The lowest BCUT2D eigenvalue weighted by Gasteiger charge is -2.30. The molecule has 1 atom stereocenters. The minimum absolute atomic E-state index is 0.0419. The predicted octanol–water partition coefficient (Wildman–Crippen LogP) is 3.31. The molecule has 0 saturated carbocycles. The number of likely N-dealkylation sites (N-methyl/N-ethyl adjacent to an activating group) is 1. The molecule has 6 nitrogen and oxygen atoms in total. The number of carbonyl (C=O) groups excluding carboxylic acids is 1. The highest BCUT2D eigenvalue weighted by atomic mass is 32.1. The molecule has 1 aliphatic rings. The SMILES string of the molecule is CN(C)CCN(C(=O)C1COc2ccccc2O1)c1nc2c(F)cc(F)cc2s1. The average Bonchev–Trinajstić information content (AvgIpc) is 3.11. The van der Waals surface area contributed by atoms with Crippen LogP contribution in [0.3, 0.4) is 0 Å². The zero-order valence-corrected chi connectivity index (χ0v) is 16.7. The quantitative estimate of drug-likeness (QED) is 0.635. The summed E-state index contributed by atoms with van der Waals surface area (Å²) in [6.45, 7) is 0.933. The maximum atomic E-state index is 14.1. The van der Waals surface area contributed by atoms with Crippen molar-refractivity contribution in [2.45, 2.75) is 6.10 Å². The van der Waals surface area contributed by atoms with E-state index in [1.54, 1.807) is 18.2 Å². The molecule has 0 radical (unpaired) electrons. The number of ether oxygens (including phenoxy) is 2. The van der Waals surface area contributed by atoms with Crippen LogP contribution in [0.25, 0.3) is 10.2 Å². The Labute approximate surface area is 170 Å². The van der Waals surface area contributed by atoms with Crippen molar-refractivity contribution in [3.05, 3.63) is 48.0 Å². The van der Waals surface area contributed by atoms with Crippen molar-refractivity contribution >= 4 is 32.6 Å². The van der Waals surface area contributed by atoms with Crippen LogP contribution in [0, 0.1) is 11.6 Å². The first-order chi connectivity index (χ1) is 13.9.